The summed E-state index contributed by atoms with van der Waals surface area (Å²) < 4.78 is 5.43. The standard InChI is InChI=1S/C29H47N3O4/c1-18(2)24(31-28(35)36-29(7,8)9)27(34)32(19(3)4)25(22-16-15-20(5)21(6)17-22)26(33)30-23-13-11-10-12-14-23/h15-19,23-25H,10-14H2,1-9H3,(H,30,33)(H,31,35). The van der Waals surface area contributed by atoms with Crippen molar-refractivity contribution in [2.75, 3.05) is 0 Å². The largest absolute Gasteiger partial charge is 0.444 e. The maximum Gasteiger partial charge on any atom is 0.408 e. The highest BCUT2D eigenvalue weighted by atomic mass is 16.6. The summed E-state index contributed by atoms with van der Waals surface area (Å²) >= 11 is 0. The summed E-state index contributed by atoms with van der Waals surface area (Å²) in [5.41, 5.74) is 2.27. The van der Waals surface area contributed by atoms with Gasteiger partial charge in [0.2, 0.25) is 11.8 Å². The van der Waals surface area contributed by atoms with E-state index in [-0.39, 0.29) is 29.8 Å². The second kappa shape index (κ2) is 12.6. The van der Waals surface area contributed by atoms with Crippen LogP contribution in [-0.2, 0) is 14.3 Å². The van der Waals surface area contributed by atoms with E-state index >= 15 is 0 Å². The molecule has 36 heavy (non-hydrogen) atoms. The Morgan fingerprint density at radius 3 is 2.08 bits per heavy atom. The van der Waals surface area contributed by atoms with Crippen LogP contribution in [0.4, 0.5) is 4.79 Å². The Hall–Kier alpha value is -2.57. The predicted octanol–water partition coefficient (Wildman–Crippen LogP) is 5.58. The molecule has 0 heterocycles. The number of aryl methyl sites for hydroxylation is 2. The van der Waals surface area contributed by atoms with Gasteiger partial charge in [-0.3, -0.25) is 9.59 Å². The molecule has 7 heteroatoms. The maximum atomic E-state index is 14.1. The van der Waals surface area contributed by atoms with Crippen LogP contribution < -0.4 is 10.6 Å². The van der Waals surface area contributed by atoms with Gasteiger partial charge < -0.3 is 20.3 Å². The van der Waals surface area contributed by atoms with Crippen molar-refractivity contribution in [3.05, 3.63) is 34.9 Å². The number of carbonyl (C=O) groups is 3. The average molecular weight is 502 g/mol. The van der Waals surface area contributed by atoms with Gasteiger partial charge in [-0.15, -0.1) is 0 Å². The van der Waals surface area contributed by atoms with Crippen molar-refractivity contribution in [3.63, 3.8) is 0 Å². The lowest BCUT2D eigenvalue weighted by atomic mass is 9.93. The second-order valence-electron chi connectivity index (χ2n) is 11.8. The first kappa shape index (κ1) is 29.7. The molecule has 0 bridgehead atoms. The quantitative estimate of drug-likeness (QED) is 0.487. The Kier molecular flexibility index (Phi) is 10.4. The number of carbonyl (C=O) groups excluding carboxylic acids is 3. The van der Waals surface area contributed by atoms with Gasteiger partial charge in [0.05, 0.1) is 0 Å². The van der Waals surface area contributed by atoms with Crippen LogP contribution in [0.25, 0.3) is 0 Å². The normalized spacial score (nSPS) is 16.4. The van der Waals surface area contributed by atoms with Gasteiger partial charge >= 0.3 is 6.09 Å². The van der Waals surface area contributed by atoms with Gasteiger partial charge in [0.1, 0.15) is 17.7 Å². The highest BCUT2D eigenvalue weighted by molar-refractivity contribution is 5.92. The molecule has 1 aromatic rings. The molecule has 1 aliphatic carbocycles. The van der Waals surface area contributed by atoms with Crippen LogP contribution in [0.2, 0.25) is 0 Å². The number of benzene rings is 1. The fourth-order valence-corrected chi connectivity index (χ4v) is 4.69. The Labute approximate surface area is 217 Å². The third-order valence-corrected chi connectivity index (χ3v) is 6.74. The Morgan fingerprint density at radius 2 is 1.58 bits per heavy atom. The van der Waals surface area contributed by atoms with E-state index in [0.29, 0.717) is 0 Å². The summed E-state index contributed by atoms with van der Waals surface area (Å²) in [6, 6.07) is 4.12. The van der Waals surface area contributed by atoms with Crippen molar-refractivity contribution in [1.82, 2.24) is 15.5 Å². The van der Waals surface area contributed by atoms with E-state index in [0.717, 1.165) is 42.4 Å². The third kappa shape index (κ3) is 8.24. The molecule has 202 valence electrons. The predicted molar refractivity (Wildman–Crippen MR) is 144 cm³/mol. The molecule has 1 aliphatic rings. The minimum atomic E-state index is -0.834. The molecule has 2 N–H and O–H groups in total. The first-order valence-corrected chi connectivity index (χ1v) is 13.4. The van der Waals surface area contributed by atoms with Crippen LogP contribution in [0.1, 0.15) is 103 Å². The summed E-state index contributed by atoms with van der Waals surface area (Å²) in [5.74, 6) is -0.673. The monoisotopic (exact) mass is 501 g/mol. The summed E-state index contributed by atoms with van der Waals surface area (Å²) in [7, 11) is 0. The highest BCUT2D eigenvalue weighted by Gasteiger charge is 2.39. The lowest BCUT2D eigenvalue weighted by molar-refractivity contribution is -0.145. The van der Waals surface area contributed by atoms with Crippen LogP contribution in [0.15, 0.2) is 18.2 Å². The number of nitrogens with zero attached hydrogens (tertiary/aromatic N) is 1. The van der Waals surface area contributed by atoms with Crippen LogP contribution >= 0.6 is 0 Å². The zero-order chi connectivity index (χ0) is 27.2. The van der Waals surface area contributed by atoms with E-state index in [1.165, 1.54) is 6.42 Å². The highest BCUT2D eigenvalue weighted by Crippen LogP contribution is 2.29. The molecule has 3 amide bonds. The van der Waals surface area contributed by atoms with Gasteiger partial charge in [-0.2, -0.15) is 0 Å². The van der Waals surface area contributed by atoms with Crippen LogP contribution in [-0.4, -0.2) is 46.5 Å². The van der Waals surface area contributed by atoms with Crippen LogP contribution in [0.5, 0.6) is 0 Å². The van der Waals surface area contributed by atoms with Crippen molar-refractivity contribution >= 4 is 17.9 Å². The van der Waals surface area contributed by atoms with E-state index in [2.05, 4.69) is 10.6 Å². The molecule has 0 aromatic heterocycles. The molecule has 0 saturated heterocycles. The number of amides is 3. The molecule has 7 nitrogen and oxygen atoms in total. The molecule has 1 aromatic carbocycles. The smallest absolute Gasteiger partial charge is 0.408 e. The minimum Gasteiger partial charge on any atom is -0.444 e. The Balaban J connectivity index is 2.46. The molecule has 1 saturated carbocycles. The van der Waals surface area contributed by atoms with Crippen molar-refractivity contribution < 1.29 is 19.1 Å². The van der Waals surface area contributed by atoms with Crippen LogP contribution in [0, 0.1) is 19.8 Å². The number of nitrogens with one attached hydrogen (secondary N) is 2. The number of rotatable bonds is 8. The zero-order valence-electron chi connectivity index (χ0n) is 23.7. The summed E-state index contributed by atoms with van der Waals surface area (Å²) in [6.45, 7) is 17.0. The first-order valence-electron chi connectivity index (χ1n) is 13.4. The molecule has 0 spiro atoms. The molecule has 2 rings (SSSR count). The van der Waals surface area contributed by atoms with E-state index in [1.54, 1.807) is 25.7 Å². The topological polar surface area (TPSA) is 87.7 Å². The lowest BCUT2D eigenvalue weighted by Crippen LogP contribution is -2.57. The minimum absolute atomic E-state index is 0.116. The lowest BCUT2D eigenvalue weighted by Gasteiger charge is -2.39. The van der Waals surface area contributed by atoms with Gasteiger partial charge in [-0.05, 0) is 83.9 Å². The number of hydrogen-bond acceptors (Lipinski definition) is 4. The molecule has 2 atom stereocenters. The molecule has 0 aliphatic heterocycles. The third-order valence-electron chi connectivity index (χ3n) is 6.74. The zero-order valence-corrected chi connectivity index (χ0v) is 23.7. The van der Waals surface area contributed by atoms with Crippen molar-refractivity contribution in [2.45, 2.75) is 124 Å². The second-order valence-corrected chi connectivity index (χ2v) is 11.8. The average Bonchev–Trinajstić information content (AvgIpc) is 2.76. The molecular formula is C29H47N3O4. The van der Waals surface area contributed by atoms with E-state index in [1.807, 2.05) is 59.7 Å². The van der Waals surface area contributed by atoms with Gasteiger partial charge in [-0.1, -0.05) is 51.3 Å². The van der Waals surface area contributed by atoms with Gasteiger partial charge in [0.15, 0.2) is 0 Å². The van der Waals surface area contributed by atoms with E-state index in [4.69, 9.17) is 4.74 Å². The molecule has 1 fully saturated rings. The summed E-state index contributed by atoms with van der Waals surface area (Å²) in [4.78, 5) is 42.1. The fraction of sp³-hybridized carbons (Fsp3) is 0.690. The first-order chi connectivity index (χ1) is 16.7. The SMILES string of the molecule is Cc1ccc(C(C(=O)NC2CCCCC2)N(C(=O)C(NC(=O)OC(C)(C)C)C(C)C)C(C)C)cc1C. The molecular weight excluding hydrogens is 454 g/mol. The summed E-state index contributed by atoms with van der Waals surface area (Å²) in [5, 5.41) is 6.01. The summed E-state index contributed by atoms with van der Waals surface area (Å²) in [6.07, 6.45) is 4.65. The van der Waals surface area contributed by atoms with E-state index < -0.39 is 23.8 Å². The molecule has 0 radical (unpaired) electrons. The van der Waals surface area contributed by atoms with Crippen molar-refractivity contribution in [1.29, 1.82) is 0 Å². The molecule has 2 unspecified atom stereocenters. The fourth-order valence-electron chi connectivity index (χ4n) is 4.69. The number of ether oxygens (including phenoxy) is 1. The van der Waals surface area contributed by atoms with Gasteiger partial charge in [0, 0.05) is 12.1 Å². The van der Waals surface area contributed by atoms with Gasteiger partial charge in [-0.25, -0.2) is 4.79 Å². The van der Waals surface area contributed by atoms with E-state index in [9.17, 15) is 14.4 Å². The van der Waals surface area contributed by atoms with Crippen molar-refractivity contribution in [3.8, 4) is 0 Å². The van der Waals surface area contributed by atoms with Gasteiger partial charge in [0.25, 0.3) is 0 Å². The Bertz CT molecular complexity index is 914. The Morgan fingerprint density at radius 1 is 0.972 bits per heavy atom. The van der Waals surface area contributed by atoms with Crippen LogP contribution in [0.3, 0.4) is 0 Å². The number of hydrogen-bond donors (Lipinski definition) is 2. The maximum absolute atomic E-state index is 14.1. The number of alkyl carbamates (subject to hydrolysis) is 1. The van der Waals surface area contributed by atoms with Crippen molar-refractivity contribution in [2.24, 2.45) is 5.92 Å².